The lowest BCUT2D eigenvalue weighted by atomic mass is 10.2. The highest BCUT2D eigenvalue weighted by Crippen LogP contribution is 2.28. The van der Waals surface area contributed by atoms with E-state index in [1.807, 2.05) is 24.3 Å². The molecular formula is C19H18FN3O2S. The molecule has 2 aromatic carbocycles. The van der Waals surface area contributed by atoms with Gasteiger partial charge in [0.15, 0.2) is 5.13 Å². The number of anilines is 3. The number of benzene rings is 2. The van der Waals surface area contributed by atoms with Crippen LogP contribution in [0.1, 0.15) is 20.9 Å². The molecule has 2 N–H and O–H groups in total. The van der Waals surface area contributed by atoms with Crippen molar-refractivity contribution in [2.45, 2.75) is 13.8 Å². The standard InChI is InChI=1S/C19H18FN3O2S/c1-11-15(20)8-5-9-16(11)23-18(24)17-12(2)21-19(26-17)22-13-6-4-7-14(10-13)25-3/h4-10H,1-3H3,(H,21,22)(H,23,24). The molecule has 0 radical (unpaired) electrons. The van der Waals surface area contributed by atoms with Gasteiger partial charge in [-0.15, -0.1) is 0 Å². The van der Waals surface area contributed by atoms with Crippen LogP contribution in [0.5, 0.6) is 5.75 Å². The summed E-state index contributed by atoms with van der Waals surface area (Å²) in [5, 5.41) is 6.51. The third-order valence-electron chi connectivity index (χ3n) is 3.84. The number of carbonyl (C=O) groups excluding carboxylic acids is 1. The molecule has 3 aromatic rings. The number of methoxy groups -OCH3 is 1. The van der Waals surface area contributed by atoms with Crippen LogP contribution in [0.15, 0.2) is 42.5 Å². The van der Waals surface area contributed by atoms with Crippen LogP contribution in [0.2, 0.25) is 0 Å². The first-order valence-electron chi connectivity index (χ1n) is 7.93. The average Bonchev–Trinajstić information content (AvgIpc) is 2.99. The van der Waals surface area contributed by atoms with E-state index in [2.05, 4.69) is 15.6 Å². The highest BCUT2D eigenvalue weighted by atomic mass is 32.1. The van der Waals surface area contributed by atoms with Crippen LogP contribution in [0.25, 0.3) is 0 Å². The molecule has 0 saturated heterocycles. The van der Waals surface area contributed by atoms with Crippen LogP contribution in [0.4, 0.5) is 20.9 Å². The highest BCUT2D eigenvalue weighted by Gasteiger charge is 2.17. The quantitative estimate of drug-likeness (QED) is 0.669. The van der Waals surface area contributed by atoms with Gasteiger partial charge >= 0.3 is 0 Å². The third-order valence-corrected chi connectivity index (χ3v) is 4.91. The van der Waals surface area contributed by atoms with Gasteiger partial charge in [-0.05, 0) is 38.1 Å². The smallest absolute Gasteiger partial charge is 0.267 e. The van der Waals surface area contributed by atoms with Crippen LogP contribution in [0, 0.1) is 19.7 Å². The van der Waals surface area contributed by atoms with Crippen molar-refractivity contribution in [2.24, 2.45) is 0 Å². The number of thiazole rings is 1. The molecular weight excluding hydrogens is 353 g/mol. The summed E-state index contributed by atoms with van der Waals surface area (Å²) in [6, 6.07) is 12.0. The van der Waals surface area contributed by atoms with Crippen LogP contribution in [-0.4, -0.2) is 18.0 Å². The van der Waals surface area contributed by atoms with Gasteiger partial charge in [-0.25, -0.2) is 9.37 Å². The third kappa shape index (κ3) is 3.83. The maximum absolute atomic E-state index is 13.6. The number of nitrogens with one attached hydrogen (secondary N) is 2. The van der Waals surface area contributed by atoms with Gasteiger partial charge in [0.05, 0.1) is 12.8 Å². The molecule has 5 nitrogen and oxygen atoms in total. The predicted octanol–water partition coefficient (Wildman–Crippen LogP) is 4.90. The van der Waals surface area contributed by atoms with E-state index in [4.69, 9.17) is 4.74 Å². The molecule has 1 aromatic heterocycles. The Bertz CT molecular complexity index is 956. The molecule has 0 unspecified atom stereocenters. The Morgan fingerprint density at radius 3 is 2.73 bits per heavy atom. The van der Waals surface area contributed by atoms with Gasteiger partial charge in [-0.2, -0.15) is 0 Å². The Labute approximate surface area is 154 Å². The number of ether oxygens (including phenoxy) is 1. The zero-order chi connectivity index (χ0) is 18.7. The summed E-state index contributed by atoms with van der Waals surface area (Å²) in [5.41, 5.74) is 2.26. The van der Waals surface area contributed by atoms with Crippen molar-refractivity contribution in [3.8, 4) is 5.75 Å². The summed E-state index contributed by atoms with van der Waals surface area (Å²) in [4.78, 5) is 17.4. The number of hydrogen-bond acceptors (Lipinski definition) is 5. The van der Waals surface area contributed by atoms with E-state index in [9.17, 15) is 9.18 Å². The second kappa shape index (κ2) is 7.53. The molecule has 0 aliphatic heterocycles. The number of rotatable bonds is 5. The summed E-state index contributed by atoms with van der Waals surface area (Å²) in [6.45, 7) is 3.39. The minimum atomic E-state index is -0.357. The Morgan fingerprint density at radius 2 is 1.96 bits per heavy atom. The number of carbonyl (C=O) groups is 1. The molecule has 7 heteroatoms. The fraction of sp³-hybridized carbons (Fsp3) is 0.158. The zero-order valence-electron chi connectivity index (χ0n) is 14.6. The van der Waals surface area contributed by atoms with Crippen LogP contribution < -0.4 is 15.4 Å². The second-order valence-electron chi connectivity index (χ2n) is 5.66. The van der Waals surface area contributed by atoms with E-state index in [1.54, 1.807) is 33.1 Å². The lowest BCUT2D eigenvalue weighted by molar-refractivity contribution is 0.102. The summed E-state index contributed by atoms with van der Waals surface area (Å²) < 4.78 is 18.8. The van der Waals surface area contributed by atoms with E-state index in [0.29, 0.717) is 27.0 Å². The van der Waals surface area contributed by atoms with Crippen molar-refractivity contribution in [1.82, 2.24) is 4.98 Å². The van der Waals surface area contributed by atoms with Gasteiger partial charge in [0, 0.05) is 23.0 Å². The van der Waals surface area contributed by atoms with Gasteiger partial charge in [0.1, 0.15) is 16.4 Å². The normalized spacial score (nSPS) is 10.5. The Kier molecular flexibility index (Phi) is 5.18. The van der Waals surface area contributed by atoms with Crippen LogP contribution in [-0.2, 0) is 0 Å². The van der Waals surface area contributed by atoms with Crippen molar-refractivity contribution in [3.05, 3.63) is 64.4 Å². The van der Waals surface area contributed by atoms with Gasteiger partial charge in [-0.1, -0.05) is 23.5 Å². The van der Waals surface area contributed by atoms with Crippen molar-refractivity contribution in [1.29, 1.82) is 0 Å². The van der Waals surface area contributed by atoms with E-state index in [0.717, 1.165) is 11.4 Å². The lowest BCUT2D eigenvalue weighted by Gasteiger charge is -2.08. The first kappa shape index (κ1) is 17.9. The maximum atomic E-state index is 13.6. The predicted molar refractivity (Wildman–Crippen MR) is 102 cm³/mol. The van der Waals surface area contributed by atoms with E-state index >= 15 is 0 Å². The molecule has 0 atom stereocenters. The maximum Gasteiger partial charge on any atom is 0.267 e. The molecule has 26 heavy (non-hydrogen) atoms. The minimum Gasteiger partial charge on any atom is -0.497 e. The van der Waals surface area contributed by atoms with Gasteiger partial charge in [0.2, 0.25) is 0 Å². The van der Waals surface area contributed by atoms with Crippen molar-refractivity contribution in [3.63, 3.8) is 0 Å². The number of aryl methyl sites for hydroxylation is 1. The van der Waals surface area contributed by atoms with E-state index < -0.39 is 0 Å². The minimum absolute atomic E-state index is 0.313. The van der Waals surface area contributed by atoms with Gasteiger partial charge < -0.3 is 15.4 Å². The molecule has 3 rings (SSSR count). The molecule has 0 aliphatic carbocycles. The zero-order valence-corrected chi connectivity index (χ0v) is 15.4. The first-order chi connectivity index (χ1) is 12.5. The number of aromatic nitrogens is 1. The summed E-state index contributed by atoms with van der Waals surface area (Å²) in [6.07, 6.45) is 0. The van der Waals surface area contributed by atoms with Crippen LogP contribution in [0.3, 0.4) is 0 Å². The monoisotopic (exact) mass is 371 g/mol. The molecule has 1 heterocycles. The second-order valence-corrected chi connectivity index (χ2v) is 6.66. The molecule has 1 amide bonds. The number of amides is 1. The molecule has 0 fully saturated rings. The molecule has 134 valence electrons. The van der Waals surface area contributed by atoms with Gasteiger partial charge in [0.25, 0.3) is 5.91 Å². The Morgan fingerprint density at radius 1 is 1.19 bits per heavy atom. The van der Waals surface area contributed by atoms with Crippen molar-refractivity contribution in [2.75, 3.05) is 17.7 Å². The SMILES string of the molecule is COc1cccc(Nc2nc(C)c(C(=O)Nc3cccc(F)c3C)s2)c1. The molecule has 0 aliphatic rings. The average molecular weight is 371 g/mol. The topological polar surface area (TPSA) is 63.2 Å². The fourth-order valence-corrected chi connectivity index (χ4v) is 3.29. The Balaban J connectivity index is 1.79. The van der Waals surface area contributed by atoms with Crippen LogP contribution >= 0.6 is 11.3 Å². The van der Waals surface area contributed by atoms with Crippen molar-refractivity contribution < 1.29 is 13.9 Å². The number of hydrogen-bond donors (Lipinski definition) is 2. The van der Waals surface area contributed by atoms with Gasteiger partial charge in [-0.3, -0.25) is 4.79 Å². The highest BCUT2D eigenvalue weighted by molar-refractivity contribution is 7.17. The molecule has 0 spiro atoms. The van der Waals surface area contributed by atoms with E-state index in [1.165, 1.54) is 17.4 Å². The molecule has 0 saturated carbocycles. The number of nitrogens with zero attached hydrogens (tertiary/aromatic N) is 1. The summed E-state index contributed by atoms with van der Waals surface area (Å²) in [7, 11) is 1.60. The number of halogens is 1. The Hall–Kier alpha value is -2.93. The molecule has 0 bridgehead atoms. The summed E-state index contributed by atoms with van der Waals surface area (Å²) >= 11 is 1.24. The van der Waals surface area contributed by atoms with Crippen molar-refractivity contribution >= 4 is 33.8 Å². The fourth-order valence-electron chi connectivity index (χ4n) is 2.41. The van der Waals surface area contributed by atoms with E-state index in [-0.39, 0.29) is 11.7 Å². The summed E-state index contributed by atoms with van der Waals surface area (Å²) in [5.74, 6) is 0.0550. The largest absolute Gasteiger partial charge is 0.497 e. The lowest BCUT2D eigenvalue weighted by Crippen LogP contribution is -2.12. The first-order valence-corrected chi connectivity index (χ1v) is 8.74.